The predicted octanol–water partition coefficient (Wildman–Crippen LogP) is 1.59. The van der Waals surface area contributed by atoms with Crippen LogP contribution in [0.15, 0.2) is 18.2 Å². The van der Waals surface area contributed by atoms with Gasteiger partial charge >= 0.3 is 5.97 Å². The average molecular weight is 351 g/mol. The van der Waals surface area contributed by atoms with E-state index in [2.05, 4.69) is 9.59 Å². The molecule has 8 nitrogen and oxygen atoms in total. The molecule has 0 fully saturated rings. The van der Waals surface area contributed by atoms with Gasteiger partial charge in [-0.1, -0.05) is 4.49 Å². The number of hydrogen-bond acceptors (Lipinski definition) is 7. The number of aliphatic carboxylic acids is 1. The number of carboxylic acids is 1. The maximum Gasteiger partial charge on any atom is 0.323 e. The Labute approximate surface area is 142 Å². The zero-order valence-electron chi connectivity index (χ0n) is 13.5. The lowest BCUT2D eigenvalue weighted by Gasteiger charge is -2.21. The Bertz CT molecular complexity index is 724. The first-order chi connectivity index (χ1) is 11.4. The number of benzene rings is 1. The van der Waals surface area contributed by atoms with Crippen molar-refractivity contribution in [1.82, 2.24) is 14.5 Å². The maximum atomic E-state index is 12.6. The van der Waals surface area contributed by atoms with Crippen molar-refractivity contribution in [2.75, 3.05) is 20.8 Å². The van der Waals surface area contributed by atoms with Crippen molar-refractivity contribution in [3.05, 3.63) is 34.3 Å². The highest BCUT2D eigenvalue weighted by molar-refractivity contribution is 7.07. The van der Waals surface area contributed by atoms with Crippen LogP contribution in [0.2, 0.25) is 0 Å². The third-order valence-corrected chi connectivity index (χ3v) is 4.06. The number of carbonyl (C=O) groups is 2. The molecule has 24 heavy (non-hydrogen) atoms. The van der Waals surface area contributed by atoms with Gasteiger partial charge in [-0.25, -0.2) is 0 Å². The van der Waals surface area contributed by atoms with Gasteiger partial charge in [-0.15, -0.1) is 5.10 Å². The fraction of sp³-hybridized carbons (Fsp3) is 0.333. The fourth-order valence-corrected chi connectivity index (χ4v) is 2.74. The van der Waals surface area contributed by atoms with E-state index in [0.29, 0.717) is 27.6 Å². The number of aryl methyl sites for hydroxylation is 1. The van der Waals surface area contributed by atoms with Gasteiger partial charge < -0.3 is 19.5 Å². The van der Waals surface area contributed by atoms with Crippen molar-refractivity contribution in [3.63, 3.8) is 0 Å². The molecule has 0 bridgehead atoms. The minimum Gasteiger partial charge on any atom is -0.497 e. The average Bonchev–Trinajstić information content (AvgIpc) is 2.98. The van der Waals surface area contributed by atoms with E-state index < -0.39 is 18.4 Å². The molecule has 0 atom stereocenters. The Balaban J connectivity index is 2.31. The summed E-state index contributed by atoms with van der Waals surface area (Å²) in [5, 5.41) is 12.9. The number of amides is 1. The van der Waals surface area contributed by atoms with Gasteiger partial charge in [0, 0.05) is 12.6 Å². The van der Waals surface area contributed by atoms with Crippen molar-refractivity contribution >= 4 is 23.4 Å². The third kappa shape index (κ3) is 4.19. The fourth-order valence-electron chi connectivity index (χ4n) is 2.11. The number of nitrogens with zero attached hydrogens (tertiary/aromatic N) is 3. The molecule has 2 rings (SSSR count). The van der Waals surface area contributed by atoms with E-state index in [1.165, 1.54) is 19.1 Å². The van der Waals surface area contributed by atoms with E-state index in [0.717, 1.165) is 11.5 Å². The van der Waals surface area contributed by atoms with E-state index in [4.69, 9.17) is 14.6 Å². The van der Waals surface area contributed by atoms with Gasteiger partial charge in [-0.2, -0.15) is 0 Å². The number of carboxylic acid groups (broad SMARTS) is 1. The quantitative estimate of drug-likeness (QED) is 0.808. The van der Waals surface area contributed by atoms with E-state index >= 15 is 0 Å². The molecule has 128 valence electrons. The summed E-state index contributed by atoms with van der Waals surface area (Å²) < 4.78 is 14.1. The summed E-state index contributed by atoms with van der Waals surface area (Å²) in [6, 6.07) is 5.15. The number of rotatable bonds is 7. The molecular weight excluding hydrogens is 334 g/mol. The molecule has 0 aliphatic carbocycles. The van der Waals surface area contributed by atoms with E-state index in [-0.39, 0.29) is 6.54 Å². The first-order valence-electron chi connectivity index (χ1n) is 6.96. The van der Waals surface area contributed by atoms with Gasteiger partial charge in [0.15, 0.2) is 0 Å². The minimum atomic E-state index is -1.10. The molecule has 0 spiro atoms. The van der Waals surface area contributed by atoms with Gasteiger partial charge in [0.2, 0.25) is 0 Å². The zero-order chi connectivity index (χ0) is 17.7. The molecule has 0 aliphatic heterocycles. The van der Waals surface area contributed by atoms with Gasteiger partial charge in [-0.3, -0.25) is 9.59 Å². The molecular formula is C15H17N3O5S. The van der Waals surface area contributed by atoms with Gasteiger partial charge in [-0.05, 0) is 36.2 Å². The summed E-state index contributed by atoms with van der Waals surface area (Å²) in [4.78, 5) is 25.3. The van der Waals surface area contributed by atoms with Crippen molar-refractivity contribution < 1.29 is 24.2 Å². The minimum absolute atomic E-state index is 0.0933. The van der Waals surface area contributed by atoms with Crippen LogP contribution in [0.25, 0.3) is 0 Å². The molecule has 0 saturated carbocycles. The molecule has 0 radical (unpaired) electrons. The molecule has 9 heteroatoms. The van der Waals surface area contributed by atoms with Crippen molar-refractivity contribution in [1.29, 1.82) is 0 Å². The number of aromatic nitrogens is 2. The standard InChI is InChI=1S/C15H17N3O5S/c1-9-14(24-17-16-9)15(21)18(8-13(19)20)7-10-4-11(22-2)6-12(5-10)23-3/h4-6H,7-8H2,1-3H3,(H,19,20). The molecule has 1 heterocycles. The van der Waals surface area contributed by atoms with Crippen LogP contribution >= 0.6 is 11.5 Å². The molecule has 1 N–H and O–H groups in total. The molecule has 2 aromatic rings. The number of methoxy groups -OCH3 is 2. The summed E-state index contributed by atoms with van der Waals surface area (Å²) in [5.74, 6) is -0.412. The Morgan fingerprint density at radius 3 is 2.29 bits per heavy atom. The lowest BCUT2D eigenvalue weighted by molar-refractivity contribution is -0.137. The van der Waals surface area contributed by atoms with Crippen LogP contribution < -0.4 is 9.47 Å². The normalized spacial score (nSPS) is 10.3. The highest BCUT2D eigenvalue weighted by atomic mass is 32.1. The third-order valence-electron chi connectivity index (χ3n) is 3.24. The van der Waals surface area contributed by atoms with Crippen LogP contribution in [0.4, 0.5) is 0 Å². The number of hydrogen-bond donors (Lipinski definition) is 1. The van der Waals surface area contributed by atoms with Gasteiger partial charge in [0.05, 0.1) is 19.9 Å². The SMILES string of the molecule is COc1cc(CN(CC(=O)O)C(=O)c2snnc2C)cc(OC)c1. The van der Waals surface area contributed by atoms with Gasteiger partial charge in [0.25, 0.3) is 5.91 Å². The van der Waals surface area contributed by atoms with E-state index in [1.807, 2.05) is 0 Å². The van der Waals surface area contributed by atoms with Crippen LogP contribution in [-0.4, -0.2) is 52.2 Å². The summed E-state index contributed by atoms with van der Waals surface area (Å²) in [6.45, 7) is 1.32. The molecule has 0 aliphatic rings. The summed E-state index contributed by atoms with van der Waals surface area (Å²) >= 11 is 0.944. The molecule has 1 aromatic carbocycles. The molecule has 0 saturated heterocycles. The Morgan fingerprint density at radius 2 is 1.83 bits per heavy atom. The molecule has 0 unspecified atom stereocenters. The second kappa shape index (κ2) is 7.73. The van der Waals surface area contributed by atoms with Crippen LogP contribution in [0.1, 0.15) is 20.9 Å². The monoisotopic (exact) mass is 351 g/mol. The lowest BCUT2D eigenvalue weighted by Crippen LogP contribution is -2.35. The second-order valence-corrected chi connectivity index (χ2v) is 5.72. The van der Waals surface area contributed by atoms with Crippen molar-refractivity contribution in [3.8, 4) is 11.5 Å². The molecule has 1 amide bonds. The first kappa shape index (κ1) is 17.7. The predicted molar refractivity (Wildman–Crippen MR) is 86.6 cm³/mol. The number of carbonyl (C=O) groups excluding carboxylic acids is 1. The van der Waals surface area contributed by atoms with Gasteiger partial charge in [0.1, 0.15) is 22.9 Å². The van der Waals surface area contributed by atoms with Crippen LogP contribution in [0.3, 0.4) is 0 Å². The smallest absolute Gasteiger partial charge is 0.323 e. The highest BCUT2D eigenvalue weighted by Gasteiger charge is 2.23. The summed E-state index contributed by atoms with van der Waals surface area (Å²) in [6.07, 6.45) is 0. The van der Waals surface area contributed by atoms with Crippen LogP contribution in [0.5, 0.6) is 11.5 Å². The van der Waals surface area contributed by atoms with Crippen LogP contribution in [0, 0.1) is 6.92 Å². The Hall–Kier alpha value is -2.68. The highest BCUT2D eigenvalue weighted by Crippen LogP contribution is 2.24. The summed E-state index contributed by atoms with van der Waals surface area (Å²) in [7, 11) is 3.04. The Morgan fingerprint density at radius 1 is 1.21 bits per heavy atom. The van der Waals surface area contributed by atoms with Crippen LogP contribution in [-0.2, 0) is 11.3 Å². The second-order valence-electron chi connectivity index (χ2n) is 4.96. The Kier molecular flexibility index (Phi) is 5.69. The topological polar surface area (TPSA) is 102 Å². The largest absolute Gasteiger partial charge is 0.497 e. The lowest BCUT2D eigenvalue weighted by atomic mass is 10.1. The maximum absolute atomic E-state index is 12.6. The summed E-state index contributed by atoms with van der Waals surface area (Å²) in [5.41, 5.74) is 1.17. The van der Waals surface area contributed by atoms with E-state index in [1.54, 1.807) is 25.1 Å². The van der Waals surface area contributed by atoms with E-state index in [9.17, 15) is 9.59 Å². The number of ether oxygens (including phenoxy) is 2. The molecule has 1 aromatic heterocycles. The first-order valence-corrected chi connectivity index (χ1v) is 7.74. The zero-order valence-corrected chi connectivity index (χ0v) is 14.3. The van der Waals surface area contributed by atoms with Crippen molar-refractivity contribution in [2.24, 2.45) is 0 Å². The van der Waals surface area contributed by atoms with Crippen molar-refractivity contribution in [2.45, 2.75) is 13.5 Å².